The summed E-state index contributed by atoms with van der Waals surface area (Å²) < 4.78 is 0. The molecule has 38 valence electrons. The first-order valence-corrected chi connectivity index (χ1v) is 2.89. The Kier molecular flexibility index (Phi) is 1.36. The van der Waals surface area contributed by atoms with E-state index in [1.54, 1.807) is 6.20 Å². The lowest BCUT2D eigenvalue weighted by atomic mass is 10.7. The molecule has 1 heterocycles. The maximum atomic E-state index is 9.88. The molecule has 3 heteroatoms. The number of carbonyl (C=O) groups excluding carboxylic acids is 1. The Hall–Kier alpha value is -0.440. The van der Waals surface area contributed by atoms with Gasteiger partial charge in [0.15, 0.2) is 6.29 Å². The van der Waals surface area contributed by atoms with E-state index >= 15 is 0 Å². The predicted molar refractivity (Wildman–Crippen MR) is 29.7 cm³/mol. The lowest BCUT2D eigenvalue weighted by molar-refractivity contribution is -0.107. The van der Waals surface area contributed by atoms with Gasteiger partial charge in [0.05, 0.1) is 0 Å². The van der Waals surface area contributed by atoms with E-state index in [2.05, 4.69) is 5.32 Å². The number of hydrogen-bond donors (Lipinski definition) is 1. The number of hydrogen-bond acceptors (Lipinski definition) is 3. The molecule has 0 saturated carbocycles. The molecular weight excluding hydrogens is 110 g/mol. The molecule has 1 aliphatic heterocycles. The first-order chi connectivity index (χ1) is 3.43. The molecule has 7 heavy (non-hydrogen) atoms. The van der Waals surface area contributed by atoms with Crippen molar-refractivity contribution < 1.29 is 4.79 Å². The third-order valence-electron chi connectivity index (χ3n) is 0.677. The van der Waals surface area contributed by atoms with E-state index in [0.29, 0.717) is 0 Å². The van der Waals surface area contributed by atoms with E-state index in [0.717, 1.165) is 6.29 Å². The van der Waals surface area contributed by atoms with Gasteiger partial charge in [0.25, 0.3) is 0 Å². The zero-order chi connectivity index (χ0) is 5.11. The summed E-state index contributed by atoms with van der Waals surface area (Å²) in [5.41, 5.74) is 0. The number of rotatable bonds is 1. The first-order valence-electron chi connectivity index (χ1n) is 1.95. The van der Waals surface area contributed by atoms with Crippen LogP contribution in [-0.4, -0.2) is 11.7 Å². The van der Waals surface area contributed by atoms with E-state index in [-0.39, 0.29) is 5.37 Å². The molecule has 0 aromatic rings. The van der Waals surface area contributed by atoms with Gasteiger partial charge in [0.1, 0.15) is 5.37 Å². The number of thioether (sulfide) groups is 1. The van der Waals surface area contributed by atoms with Crippen LogP contribution in [0.5, 0.6) is 0 Å². The SMILES string of the molecule is O=CC1NC=CS1. The first kappa shape index (κ1) is 4.71. The molecule has 0 aromatic carbocycles. The van der Waals surface area contributed by atoms with Gasteiger partial charge in [0.2, 0.25) is 0 Å². The van der Waals surface area contributed by atoms with Gasteiger partial charge in [0, 0.05) is 6.20 Å². The normalized spacial score (nSPS) is 27.1. The van der Waals surface area contributed by atoms with E-state index < -0.39 is 0 Å². The van der Waals surface area contributed by atoms with Crippen LogP contribution in [0.3, 0.4) is 0 Å². The molecule has 1 N–H and O–H groups in total. The van der Waals surface area contributed by atoms with Crippen molar-refractivity contribution in [1.29, 1.82) is 0 Å². The third-order valence-corrected chi connectivity index (χ3v) is 1.51. The predicted octanol–water partition coefficient (Wildman–Crippen LogP) is 0.319. The van der Waals surface area contributed by atoms with Crippen LogP contribution < -0.4 is 5.32 Å². The molecule has 0 spiro atoms. The molecule has 1 rings (SSSR count). The fourth-order valence-corrected chi connectivity index (χ4v) is 0.916. The van der Waals surface area contributed by atoms with E-state index in [9.17, 15) is 4.79 Å². The van der Waals surface area contributed by atoms with Gasteiger partial charge in [-0.05, 0) is 5.41 Å². The maximum absolute atomic E-state index is 9.88. The molecule has 0 aromatic heterocycles. The summed E-state index contributed by atoms with van der Waals surface area (Å²) in [7, 11) is 0. The lowest BCUT2D eigenvalue weighted by Crippen LogP contribution is -2.16. The molecule has 1 aliphatic rings. The molecular formula is C4H5NOS. The summed E-state index contributed by atoms with van der Waals surface area (Å²) in [5.74, 6) is 0. The molecule has 0 bridgehead atoms. The quantitative estimate of drug-likeness (QED) is 0.499. The Morgan fingerprint density at radius 2 is 2.71 bits per heavy atom. The summed E-state index contributed by atoms with van der Waals surface area (Å²) >= 11 is 1.48. The molecule has 0 aliphatic carbocycles. The van der Waals surface area contributed by atoms with E-state index in [1.807, 2.05) is 5.41 Å². The van der Waals surface area contributed by atoms with Crippen molar-refractivity contribution in [1.82, 2.24) is 5.32 Å². The summed E-state index contributed by atoms with van der Waals surface area (Å²) in [6.07, 6.45) is 2.65. The largest absolute Gasteiger partial charge is 0.373 e. The Morgan fingerprint density at radius 1 is 1.86 bits per heavy atom. The highest BCUT2D eigenvalue weighted by atomic mass is 32.2. The highest BCUT2D eigenvalue weighted by molar-refractivity contribution is 8.03. The summed E-state index contributed by atoms with van der Waals surface area (Å²) in [6, 6.07) is 0. The topological polar surface area (TPSA) is 29.1 Å². The van der Waals surface area contributed by atoms with Crippen LogP contribution in [0.2, 0.25) is 0 Å². The van der Waals surface area contributed by atoms with Crippen molar-refractivity contribution in [2.45, 2.75) is 5.37 Å². The smallest absolute Gasteiger partial charge is 0.152 e. The minimum absolute atomic E-state index is 0.0278. The van der Waals surface area contributed by atoms with Crippen molar-refractivity contribution in [3.05, 3.63) is 11.6 Å². The molecule has 1 unspecified atom stereocenters. The standard InChI is InChI=1S/C4H5NOS/c6-3-4-5-1-2-7-4/h1-5H. The second kappa shape index (κ2) is 2.02. The Balaban J connectivity index is 2.35. The van der Waals surface area contributed by atoms with Crippen LogP contribution in [-0.2, 0) is 4.79 Å². The number of carbonyl (C=O) groups is 1. The van der Waals surface area contributed by atoms with Crippen LogP contribution in [0.25, 0.3) is 0 Å². The fourth-order valence-electron chi connectivity index (χ4n) is 0.369. The number of nitrogens with one attached hydrogen (secondary N) is 1. The Labute approximate surface area is 46.0 Å². The third kappa shape index (κ3) is 0.962. The second-order valence-electron chi connectivity index (χ2n) is 1.16. The minimum atomic E-state index is -0.0278. The monoisotopic (exact) mass is 115 g/mol. The molecule has 0 amide bonds. The van der Waals surface area contributed by atoms with E-state index in [1.165, 1.54) is 11.8 Å². The molecule has 0 radical (unpaired) electrons. The van der Waals surface area contributed by atoms with Crippen LogP contribution in [0, 0.1) is 0 Å². The second-order valence-corrected chi connectivity index (χ2v) is 2.21. The van der Waals surface area contributed by atoms with Gasteiger partial charge in [-0.3, -0.25) is 0 Å². The van der Waals surface area contributed by atoms with Crippen LogP contribution in [0.4, 0.5) is 0 Å². The summed E-state index contributed by atoms with van der Waals surface area (Å²) in [4.78, 5) is 9.88. The van der Waals surface area contributed by atoms with Crippen molar-refractivity contribution in [3.63, 3.8) is 0 Å². The van der Waals surface area contributed by atoms with Crippen LogP contribution >= 0.6 is 11.8 Å². The van der Waals surface area contributed by atoms with Crippen LogP contribution in [0.15, 0.2) is 11.6 Å². The highest BCUT2D eigenvalue weighted by Crippen LogP contribution is 2.11. The Bertz CT molecular complexity index is 93.9. The van der Waals surface area contributed by atoms with E-state index in [4.69, 9.17) is 0 Å². The van der Waals surface area contributed by atoms with Crippen molar-refractivity contribution >= 4 is 18.0 Å². The minimum Gasteiger partial charge on any atom is -0.373 e. The summed E-state index contributed by atoms with van der Waals surface area (Å²) in [5, 5.41) is 4.65. The van der Waals surface area contributed by atoms with Gasteiger partial charge >= 0.3 is 0 Å². The average molecular weight is 115 g/mol. The molecule has 2 nitrogen and oxygen atoms in total. The number of aldehydes is 1. The van der Waals surface area contributed by atoms with Crippen molar-refractivity contribution in [3.8, 4) is 0 Å². The summed E-state index contributed by atoms with van der Waals surface area (Å²) in [6.45, 7) is 0. The van der Waals surface area contributed by atoms with Crippen molar-refractivity contribution in [2.24, 2.45) is 0 Å². The Morgan fingerprint density at radius 3 is 3.00 bits per heavy atom. The maximum Gasteiger partial charge on any atom is 0.152 e. The zero-order valence-electron chi connectivity index (χ0n) is 3.63. The van der Waals surface area contributed by atoms with Gasteiger partial charge in [-0.1, -0.05) is 0 Å². The zero-order valence-corrected chi connectivity index (χ0v) is 4.44. The average Bonchev–Trinajstić information content (AvgIpc) is 2.14. The fraction of sp³-hybridized carbons (Fsp3) is 0.250. The van der Waals surface area contributed by atoms with Gasteiger partial charge in [-0.2, -0.15) is 0 Å². The lowest BCUT2D eigenvalue weighted by Gasteiger charge is -1.95. The molecule has 1 atom stereocenters. The van der Waals surface area contributed by atoms with Gasteiger partial charge in [-0.25, -0.2) is 0 Å². The molecule has 0 saturated heterocycles. The van der Waals surface area contributed by atoms with Gasteiger partial charge < -0.3 is 10.1 Å². The molecule has 0 fully saturated rings. The highest BCUT2D eigenvalue weighted by Gasteiger charge is 2.05. The van der Waals surface area contributed by atoms with Gasteiger partial charge in [-0.15, -0.1) is 11.8 Å². The van der Waals surface area contributed by atoms with Crippen molar-refractivity contribution in [2.75, 3.05) is 0 Å². The van der Waals surface area contributed by atoms with Crippen LogP contribution in [0.1, 0.15) is 0 Å².